The van der Waals surface area contributed by atoms with E-state index in [0.717, 1.165) is 77.2 Å². The summed E-state index contributed by atoms with van der Waals surface area (Å²) in [6.45, 7) is 0. The Bertz CT molecular complexity index is 2950. The van der Waals surface area contributed by atoms with E-state index in [0.29, 0.717) is 23.0 Å². The second-order valence-corrected chi connectivity index (χ2v) is 12.8. The molecule has 0 aliphatic carbocycles. The van der Waals surface area contributed by atoms with Gasteiger partial charge in [-0.15, -0.1) is 0 Å². The van der Waals surface area contributed by atoms with E-state index in [9.17, 15) is 5.26 Å². The fourth-order valence-corrected chi connectivity index (χ4v) is 7.18. The molecule has 0 unspecified atom stereocenters. The van der Waals surface area contributed by atoms with Gasteiger partial charge in [0.05, 0.1) is 22.7 Å². The molecule has 3 heterocycles. The minimum absolute atomic E-state index is 0.563. The van der Waals surface area contributed by atoms with E-state index in [4.69, 9.17) is 19.4 Å². The zero-order valence-electron chi connectivity index (χ0n) is 27.7. The number of rotatable bonds is 5. The summed E-state index contributed by atoms with van der Waals surface area (Å²) in [7, 11) is 0. The third kappa shape index (κ3) is 4.92. The summed E-state index contributed by atoms with van der Waals surface area (Å²) in [5, 5.41) is 13.9. The average Bonchev–Trinajstić information content (AvgIpc) is 3.75. The van der Waals surface area contributed by atoms with Crippen LogP contribution < -0.4 is 0 Å². The first-order chi connectivity index (χ1) is 25.7. The van der Waals surface area contributed by atoms with E-state index < -0.39 is 0 Å². The van der Waals surface area contributed by atoms with Crippen molar-refractivity contribution in [2.75, 3.05) is 0 Å². The Kier molecular flexibility index (Phi) is 6.76. The van der Waals surface area contributed by atoms with Gasteiger partial charge in [-0.25, -0.2) is 15.0 Å². The van der Waals surface area contributed by atoms with Gasteiger partial charge in [0, 0.05) is 43.9 Å². The SMILES string of the molecule is N#Cc1ccc(-c2cc(-c3nc(-c4ccccc4)nc(-c4ccccc4)n3)cc(-n3c4ccccc4c4cc5oc6ccccc6c5cc43)c2)cc1. The number of benzene rings is 7. The molecule has 52 heavy (non-hydrogen) atoms. The topological polar surface area (TPSA) is 80.5 Å². The van der Waals surface area contributed by atoms with Gasteiger partial charge in [0.1, 0.15) is 11.2 Å². The molecule has 0 N–H and O–H groups in total. The first-order valence-corrected chi connectivity index (χ1v) is 17.1. The summed E-state index contributed by atoms with van der Waals surface area (Å²) >= 11 is 0. The van der Waals surface area contributed by atoms with Crippen LogP contribution in [0, 0.1) is 11.3 Å². The van der Waals surface area contributed by atoms with Crippen LogP contribution in [0.2, 0.25) is 0 Å². The smallest absolute Gasteiger partial charge is 0.164 e. The molecule has 0 saturated carbocycles. The highest BCUT2D eigenvalue weighted by molar-refractivity contribution is 6.17. The van der Waals surface area contributed by atoms with Crippen molar-refractivity contribution < 1.29 is 4.42 Å². The molecule has 3 aromatic heterocycles. The number of nitriles is 1. The summed E-state index contributed by atoms with van der Waals surface area (Å²) < 4.78 is 8.66. The maximum atomic E-state index is 9.55. The molecule has 0 bridgehead atoms. The molecule has 0 amide bonds. The van der Waals surface area contributed by atoms with Gasteiger partial charge in [0.25, 0.3) is 0 Å². The largest absolute Gasteiger partial charge is 0.456 e. The molecule has 6 nitrogen and oxygen atoms in total. The maximum Gasteiger partial charge on any atom is 0.164 e. The summed E-state index contributed by atoms with van der Waals surface area (Å²) in [4.78, 5) is 15.1. The zero-order valence-corrected chi connectivity index (χ0v) is 27.7. The molecule has 10 aromatic rings. The zero-order chi connectivity index (χ0) is 34.6. The Morgan fingerprint density at radius 3 is 1.71 bits per heavy atom. The van der Waals surface area contributed by atoms with Gasteiger partial charge in [0.15, 0.2) is 17.5 Å². The number of hydrogen-bond acceptors (Lipinski definition) is 5. The second kappa shape index (κ2) is 11.9. The molecular formula is C46H27N5O. The van der Waals surface area contributed by atoms with E-state index in [1.807, 2.05) is 103 Å². The Balaban J connectivity index is 1.27. The molecule has 0 fully saturated rings. The predicted octanol–water partition coefficient (Wildman–Crippen LogP) is 11.4. The van der Waals surface area contributed by atoms with Gasteiger partial charge in [-0.3, -0.25) is 0 Å². The lowest BCUT2D eigenvalue weighted by Crippen LogP contribution is -2.01. The summed E-state index contributed by atoms with van der Waals surface area (Å²) in [5.74, 6) is 1.76. The van der Waals surface area contributed by atoms with Crippen LogP contribution in [0.3, 0.4) is 0 Å². The number of fused-ring (bicyclic) bond motifs is 6. The van der Waals surface area contributed by atoms with Crippen LogP contribution in [0.5, 0.6) is 0 Å². The standard InChI is InChI=1S/C46H27N5O/c47-28-29-19-21-30(22-20-29)33-23-34(46-49-44(31-11-3-1-4-12-31)48-45(50-46)32-13-5-2-6-14-32)25-35(24-33)51-40-17-9-7-15-36(40)38-27-43-39(26-41(38)51)37-16-8-10-18-42(37)52-43/h1-27H. The van der Waals surface area contributed by atoms with Gasteiger partial charge < -0.3 is 8.98 Å². The van der Waals surface area contributed by atoms with Crippen molar-refractivity contribution in [1.29, 1.82) is 5.26 Å². The van der Waals surface area contributed by atoms with Crippen molar-refractivity contribution in [3.05, 3.63) is 169 Å². The lowest BCUT2D eigenvalue weighted by Gasteiger charge is -2.14. The van der Waals surface area contributed by atoms with Crippen LogP contribution in [-0.4, -0.2) is 19.5 Å². The van der Waals surface area contributed by atoms with Crippen LogP contribution in [0.4, 0.5) is 0 Å². The van der Waals surface area contributed by atoms with Gasteiger partial charge in [-0.05, 0) is 65.7 Å². The maximum absolute atomic E-state index is 9.55. The number of aromatic nitrogens is 4. The molecule has 0 spiro atoms. The lowest BCUT2D eigenvalue weighted by atomic mass is 10.00. The van der Waals surface area contributed by atoms with E-state index in [2.05, 4.69) is 71.3 Å². The molecule has 7 aromatic carbocycles. The quantitative estimate of drug-likeness (QED) is 0.183. The first kappa shape index (κ1) is 29.5. The van der Waals surface area contributed by atoms with Crippen LogP contribution in [-0.2, 0) is 0 Å². The first-order valence-electron chi connectivity index (χ1n) is 17.1. The summed E-state index contributed by atoms with van der Waals surface area (Å²) in [5.41, 5.74) is 10.0. The van der Waals surface area contributed by atoms with E-state index >= 15 is 0 Å². The van der Waals surface area contributed by atoms with Crippen molar-refractivity contribution in [2.45, 2.75) is 0 Å². The van der Waals surface area contributed by atoms with Crippen LogP contribution in [0.25, 0.3) is 94.7 Å². The third-order valence-corrected chi connectivity index (χ3v) is 9.65. The fraction of sp³-hybridized carbons (Fsp3) is 0. The highest BCUT2D eigenvalue weighted by Crippen LogP contribution is 2.40. The van der Waals surface area contributed by atoms with E-state index in [-0.39, 0.29) is 0 Å². The van der Waals surface area contributed by atoms with Crippen molar-refractivity contribution >= 4 is 43.7 Å². The van der Waals surface area contributed by atoms with Crippen LogP contribution in [0.1, 0.15) is 5.56 Å². The Hall–Kier alpha value is -7.36. The highest BCUT2D eigenvalue weighted by Gasteiger charge is 2.19. The highest BCUT2D eigenvalue weighted by atomic mass is 16.3. The minimum Gasteiger partial charge on any atom is -0.456 e. The minimum atomic E-state index is 0.563. The van der Waals surface area contributed by atoms with Crippen LogP contribution >= 0.6 is 0 Å². The number of nitrogens with zero attached hydrogens (tertiary/aromatic N) is 5. The molecule has 10 rings (SSSR count). The monoisotopic (exact) mass is 665 g/mol. The normalized spacial score (nSPS) is 11.4. The molecule has 0 aliphatic heterocycles. The molecule has 0 aliphatic rings. The van der Waals surface area contributed by atoms with Crippen molar-refractivity contribution in [3.8, 4) is 57.0 Å². The molecule has 242 valence electrons. The Morgan fingerprint density at radius 1 is 0.423 bits per heavy atom. The van der Waals surface area contributed by atoms with Gasteiger partial charge in [0.2, 0.25) is 0 Å². The number of furan rings is 1. The molecule has 0 saturated heterocycles. The third-order valence-electron chi connectivity index (χ3n) is 9.65. The average molecular weight is 666 g/mol. The molecular weight excluding hydrogens is 639 g/mol. The van der Waals surface area contributed by atoms with Gasteiger partial charge >= 0.3 is 0 Å². The van der Waals surface area contributed by atoms with Gasteiger partial charge in [-0.2, -0.15) is 5.26 Å². The molecule has 0 atom stereocenters. The van der Waals surface area contributed by atoms with Gasteiger partial charge in [-0.1, -0.05) is 109 Å². The Labute approximate surface area is 298 Å². The predicted molar refractivity (Wildman–Crippen MR) is 208 cm³/mol. The second-order valence-electron chi connectivity index (χ2n) is 12.8. The summed E-state index contributed by atoms with van der Waals surface area (Å²) in [6.07, 6.45) is 0. The molecule has 0 radical (unpaired) electrons. The van der Waals surface area contributed by atoms with Crippen molar-refractivity contribution in [1.82, 2.24) is 19.5 Å². The number of hydrogen-bond donors (Lipinski definition) is 0. The fourth-order valence-electron chi connectivity index (χ4n) is 7.18. The number of para-hydroxylation sites is 2. The van der Waals surface area contributed by atoms with E-state index in [1.165, 1.54) is 0 Å². The summed E-state index contributed by atoms with van der Waals surface area (Å²) in [6, 6.07) is 57.5. The van der Waals surface area contributed by atoms with Crippen molar-refractivity contribution in [2.24, 2.45) is 0 Å². The Morgan fingerprint density at radius 2 is 1.02 bits per heavy atom. The van der Waals surface area contributed by atoms with E-state index in [1.54, 1.807) is 0 Å². The lowest BCUT2D eigenvalue weighted by molar-refractivity contribution is 0.669. The van der Waals surface area contributed by atoms with Crippen molar-refractivity contribution in [3.63, 3.8) is 0 Å². The van der Waals surface area contributed by atoms with Crippen LogP contribution in [0.15, 0.2) is 168 Å². The molecule has 6 heteroatoms.